The topological polar surface area (TPSA) is 16.8 Å². The summed E-state index contributed by atoms with van der Waals surface area (Å²) in [5.41, 5.74) is 1.06. The lowest BCUT2D eigenvalue weighted by Crippen LogP contribution is -2.35. The molecular formula is C11H13N2+. The van der Waals surface area contributed by atoms with Gasteiger partial charge in [-0.15, -0.1) is 0 Å². The van der Waals surface area contributed by atoms with Gasteiger partial charge in [0.25, 0.3) is 6.33 Å². The third kappa shape index (κ3) is 1.52. The summed E-state index contributed by atoms with van der Waals surface area (Å²) in [6.45, 7) is 4.30. The molecule has 2 aromatic rings. The summed E-state index contributed by atoms with van der Waals surface area (Å²) in [6.07, 6.45) is 4.01. The van der Waals surface area contributed by atoms with Crippen LogP contribution in [0.3, 0.4) is 0 Å². The van der Waals surface area contributed by atoms with Gasteiger partial charge in [0.15, 0.2) is 5.52 Å². The first-order valence-electron chi connectivity index (χ1n) is 4.53. The van der Waals surface area contributed by atoms with Gasteiger partial charge < -0.3 is 0 Å². The van der Waals surface area contributed by atoms with Crippen LogP contribution in [-0.4, -0.2) is 4.98 Å². The third-order valence-electron chi connectivity index (χ3n) is 2.15. The zero-order chi connectivity index (χ0) is 9.26. The van der Waals surface area contributed by atoms with E-state index in [9.17, 15) is 0 Å². The van der Waals surface area contributed by atoms with Crippen molar-refractivity contribution in [3.8, 4) is 0 Å². The lowest BCUT2D eigenvalue weighted by atomic mass is 10.2. The highest BCUT2D eigenvalue weighted by Crippen LogP contribution is 2.07. The Labute approximate surface area is 77.9 Å². The van der Waals surface area contributed by atoms with E-state index in [0.717, 1.165) is 5.52 Å². The van der Waals surface area contributed by atoms with E-state index in [2.05, 4.69) is 35.7 Å². The number of benzene rings is 1. The zero-order valence-corrected chi connectivity index (χ0v) is 7.94. The van der Waals surface area contributed by atoms with Crippen LogP contribution in [0.15, 0.2) is 36.8 Å². The van der Waals surface area contributed by atoms with E-state index >= 15 is 0 Å². The van der Waals surface area contributed by atoms with Crippen LogP contribution in [-0.2, 0) is 0 Å². The van der Waals surface area contributed by atoms with Gasteiger partial charge in [-0.3, -0.25) is 0 Å². The van der Waals surface area contributed by atoms with E-state index in [1.165, 1.54) is 5.39 Å². The largest absolute Gasteiger partial charge is 0.287 e. The first kappa shape index (κ1) is 8.17. The summed E-state index contributed by atoms with van der Waals surface area (Å²) >= 11 is 0. The fraction of sp³-hybridized carbons (Fsp3) is 0.273. The van der Waals surface area contributed by atoms with Gasteiger partial charge in [-0.1, -0.05) is 12.1 Å². The highest BCUT2D eigenvalue weighted by atomic mass is 15.0. The van der Waals surface area contributed by atoms with Gasteiger partial charge in [-0.05, 0) is 31.0 Å². The average molecular weight is 173 g/mol. The van der Waals surface area contributed by atoms with E-state index in [1.54, 1.807) is 0 Å². The quantitative estimate of drug-likeness (QED) is 0.603. The number of hydrogen-bond donors (Lipinski definition) is 0. The standard InChI is InChI=1S/C11H13N2/c1-9(2)13-7-10-5-3-4-6-11(10)12-8-13/h3-9H,1-2H3/q+1. The molecular weight excluding hydrogens is 160 g/mol. The van der Waals surface area contributed by atoms with Crippen molar-refractivity contribution >= 4 is 10.9 Å². The third-order valence-corrected chi connectivity index (χ3v) is 2.15. The smallest absolute Gasteiger partial charge is 0.234 e. The van der Waals surface area contributed by atoms with Crippen molar-refractivity contribution in [2.75, 3.05) is 0 Å². The Bertz CT molecular complexity index is 421. The van der Waals surface area contributed by atoms with Crippen molar-refractivity contribution in [3.05, 3.63) is 36.8 Å². The van der Waals surface area contributed by atoms with Crippen molar-refractivity contribution in [3.63, 3.8) is 0 Å². The second kappa shape index (κ2) is 3.13. The number of para-hydroxylation sites is 1. The summed E-state index contributed by atoms with van der Waals surface area (Å²) in [7, 11) is 0. The van der Waals surface area contributed by atoms with Gasteiger partial charge >= 0.3 is 0 Å². The highest BCUT2D eigenvalue weighted by molar-refractivity contribution is 5.76. The lowest BCUT2D eigenvalue weighted by molar-refractivity contribution is -0.717. The number of fused-ring (bicyclic) bond motifs is 1. The molecule has 1 heterocycles. The van der Waals surface area contributed by atoms with Crippen molar-refractivity contribution in [1.29, 1.82) is 0 Å². The van der Waals surface area contributed by atoms with Crippen LogP contribution >= 0.6 is 0 Å². The molecule has 0 unspecified atom stereocenters. The molecule has 0 spiro atoms. The maximum absolute atomic E-state index is 4.37. The molecule has 0 N–H and O–H groups in total. The van der Waals surface area contributed by atoms with Crippen LogP contribution in [0.4, 0.5) is 0 Å². The molecule has 0 saturated carbocycles. The van der Waals surface area contributed by atoms with Crippen LogP contribution in [0.1, 0.15) is 19.9 Å². The van der Waals surface area contributed by atoms with Gasteiger partial charge in [-0.2, -0.15) is 0 Å². The van der Waals surface area contributed by atoms with Crippen molar-refractivity contribution in [2.45, 2.75) is 19.9 Å². The van der Waals surface area contributed by atoms with Crippen LogP contribution in [0.5, 0.6) is 0 Å². The SMILES string of the molecule is CC(C)[n+]1cnc2ccccc2c1. The minimum atomic E-state index is 0.470. The van der Waals surface area contributed by atoms with Crippen molar-refractivity contribution < 1.29 is 4.57 Å². The zero-order valence-electron chi connectivity index (χ0n) is 7.94. The first-order valence-corrected chi connectivity index (χ1v) is 4.53. The van der Waals surface area contributed by atoms with E-state index in [-0.39, 0.29) is 0 Å². The second-order valence-corrected chi connectivity index (χ2v) is 3.47. The molecule has 1 aromatic carbocycles. The van der Waals surface area contributed by atoms with Gasteiger partial charge in [-0.25, -0.2) is 4.57 Å². The molecule has 0 aliphatic carbocycles. The summed E-state index contributed by atoms with van der Waals surface area (Å²) < 4.78 is 2.11. The Kier molecular flexibility index (Phi) is 1.97. The first-order chi connectivity index (χ1) is 6.27. The number of aromatic nitrogens is 2. The molecule has 0 radical (unpaired) electrons. The highest BCUT2D eigenvalue weighted by Gasteiger charge is 2.05. The maximum atomic E-state index is 4.37. The summed E-state index contributed by atoms with van der Waals surface area (Å²) in [5.74, 6) is 0. The maximum Gasteiger partial charge on any atom is 0.287 e. The minimum absolute atomic E-state index is 0.470. The molecule has 0 saturated heterocycles. The van der Waals surface area contributed by atoms with E-state index in [1.807, 2.05) is 24.5 Å². The van der Waals surface area contributed by atoms with Gasteiger partial charge in [0.2, 0.25) is 0 Å². The van der Waals surface area contributed by atoms with Crippen LogP contribution < -0.4 is 4.57 Å². The monoisotopic (exact) mass is 173 g/mol. The average Bonchev–Trinajstić information content (AvgIpc) is 2.17. The second-order valence-electron chi connectivity index (χ2n) is 3.47. The van der Waals surface area contributed by atoms with Gasteiger partial charge in [0.1, 0.15) is 6.20 Å². The molecule has 0 aliphatic rings. The Morgan fingerprint density at radius 2 is 2.00 bits per heavy atom. The molecule has 0 bridgehead atoms. The van der Waals surface area contributed by atoms with Crippen LogP contribution in [0, 0.1) is 0 Å². The van der Waals surface area contributed by atoms with Crippen LogP contribution in [0.2, 0.25) is 0 Å². The van der Waals surface area contributed by atoms with Crippen molar-refractivity contribution in [2.24, 2.45) is 0 Å². The molecule has 0 amide bonds. The van der Waals surface area contributed by atoms with E-state index in [0.29, 0.717) is 6.04 Å². The van der Waals surface area contributed by atoms with E-state index in [4.69, 9.17) is 0 Å². The Hall–Kier alpha value is -1.44. The number of hydrogen-bond acceptors (Lipinski definition) is 1. The van der Waals surface area contributed by atoms with Crippen LogP contribution in [0.25, 0.3) is 10.9 Å². The molecule has 0 atom stereocenters. The predicted molar refractivity (Wildman–Crippen MR) is 52.3 cm³/mol. The fourth-order valence-electron chi connectivity index (χ4n) is 1.32. The van der Waals surface area contributed by atoms with E-state index < -0.39 is 0 Å². The molecule has 0 aliphatic heterocycles. The number of rotatable bonds is 1. The van der Waals surface area contributed by atoms with Gasteiger partial charge in [0.05, 0.1) is 11.4 Å². The lowest BCUT2D eigenvalue weighted by Gasteiger charge is -2.01. The summed E-state index contributed by atoms with van der Waals surface area (Å²) in [5, 5.41) is 1.19. The molecule has 66 valence electrons. The molecule has 2 nitrogen and oxygen atoms in total. The normalized spacial score (nSPS) is 11.0. The van der Waals surface area contributed by atoms with Crippen molar-refractivity contribution in [1.82, 2.24) is 4.98 Å². The predicted octanol–water partition coefficient (Wildman–Crippen LogP) is 2.10. The Balaban J connectivity index is 2.62. The van der Waals surface area contributed by atoms with Gasteiger partial charge in [0, 0.05) is 0 Å². The minimum Gasteiger partial charge on any atom is -0.234 e. The Morgan fingerprint density at radius 3 is 2.77 bits per heavy atom. The fourth-order valence-corrected chi connectivity index (χ4v) is 1.32. The molecule has 0 fully saturated rings. The molecule has 13 heavy (non-hydrogen) atoms. The molecule has 2 rings (SSSR count). The Morgan fingerprint density at radius 1 is 1.23 bits per heavy atom. The summed E-state index contributed by atoms with van der Waals surface area (Å²) in [4.78, 5) is 4.37. The molecule has 2 heteroatoms. The molecule has 1 aromatic heterocycles. The number of nitrogens with zero attached hydrogens (tertiary/aromatic N) is 2. The summed E-state index contributed by atoms with van der Waals surface area (Å²) in [6, 6.07) is 8.63.